The molecule has 6 heteroatoms. The molecule has 0 nitrogen and oxygen atoms in total. The SMILES string of the molecule is CC(C)c1ccc(C(C)(C(F)(F)F)C(F)(F)F)cc1. The zero-order valence-electron chi connectivity index (χ0n) is 10.7. The van der Waals surface area contributed by atoms with Crippen molar-refractivity contribution in [3.63, 3.8) is 0 Å². The Kier molecular flexibility index (Phi) is 3.94. The summed E-state index contributed by atoms with van der Waals surface area (Å²) in [5, 5.41) is 0. The van der Waals surface area contributed by atoms with E-state index in [1.54, 1.807) is 0 Å². The van der Waals surface area contributed by atoms with Crippen LogP contribution in [0.5, 0.6) is 0 Å². The maximum atomic E-state index is 12.8. The first-order chi connectivity index (χ1) is 8.41. The highest BCUT2D eigenvalue weighted by Gasteiger charge is 2.68. The summed E-state index contributed by atoms with van der Waals surface area (Å²) in [5.41, 5.74) is -3.96. The fourth-order valence-corrected chi connectivity index (χ4v) is 1.69. The molecule has 0 atom stereocenters. The van der Waals surface area contributed by atoms with Crippen LogP contribution < -0.4 is 0 Å². The van der Waals surface area contributed by atoms with Gasteiger partial charge in [-0.2, -0.15) is 26.3 Å². The van der Waals surface area contributed by atoms with Gasteiger partial charge in [-0.3, -0.25) is 0 Å². The molecule has 1 rings (SSSR count). The fourth-order valence-electron chi connectivity index (χ4n) is 1.69. The monoisotopic (exact) mass is 284 g/mol. The quantitative estimate of drug-likeness (QED) is 0.655. The molecule has 0 heterocycles. The molecule has 0 aliphatic rings. The highest BCUT2D eigenvalue weighted by molar-refractivity contribution is 5.33. The standard InChI is InChI=1S/C13H14F6/c1-8(2)9-4-6-10(7-5-9)11(3,12(14,15)16)13(17,18)19/h4-8H,1-3H3. The lowest BCUT2D eigenvalue weighted by molar-refractivity contribution is -0.297. The summed E-state index contributed by atoms with van der Waals surface area (Å²) in [6.45, 7) is 3.78. The van der Waals surface area contributed by atoms with Gasteiger partial charge in [0.15, 0.2) is 5.41 Å². The van der Waals surface area contributed by atoms with E-state index < -0.39 is 23.3 Å². The average molecular weight is 284 g/mol. The molecule has 0 fully saturated rings. The molecule has 0 unspecified atom stereocenters. The van der Waals surface area contributed by atoms with Crippen LogP contribution in [0.2, 0.25) is 0 Å². The summed E-state index contributed by atoms with van der Waals surface area (Å²) in [6.07, 6.45) is -10.8. The van der Waals surface area contributed by atoms with Crippen LogP contribution in [0, 0.1) is 0 Å². The van der Waals surface area contributed by atoms with Crippen molar-refractivity contribution < 1.29 is 26.3 Å². The molecule has 0 spiro atoms. The molecule has 0 amide bonds. The molecule has 108 valence electrons. The molecule has 0 aliphatic heterocycles. The van der Waals surface area contributed by atoms with Crippen molar-refractivity contribution in [2.75, 3.05) is 0 Å². The molecule has 0 saturated heterocycles. The number of alkyl halides is 6. The van der Waals surface area contributed by atoms with E-state index in [1.165, 1.54) is 12.1 Å². The maximum Gasteiger partial charge on any atom is 0.406 e. The van der Waals surface area contributed by atoms with Gasteiger partial charge in [0.25, 0.3) is 0 Å². The number of hydrogen-bond acceptors (Lipinski definition) is 0. The Hall–Kier alpha value is -1.20. The molecular weight excluding hydrogens is 270 g/mol. The van der Waals surface area contributed by atoms with Crippen molar-refractivity contribution in [2.45, 2.75) is 44.5 Å². The van der Waals surface area contributed by atoms with E-state index in [0.29, 0.717) is 5.56 Å². The predicted molar refractivity (Wildman–Crippen MR) is 60.0 cm³/mol. The summed E-state index contributed by atoms with van der Waals surface area (Å²) in [4.78, 5) is 0. The minimum absolute atomic E-state index is 0.0390. The molecule has 1 aromatic rings. The van der Waals surface area contributed by atoms with Crippen LogP contribution >= 0.6 is 0 Å². The minimum Gasteiger partial charge on any atom is -0.170 e. The van der Waals surface area contributed by atoms with Crippen molar-refractivity contribution in [1.82, 2.24) is 0 Å². The third kappa shape index (κ3) is 2.72. The Morgan fingerprint density at radius 3 is 1.42 bits per heavy atom. The number of rotatable bonds is 2. The third-order valence-corrected chi connectivity index (χ3v) is 3.29. The molecule has 1 aromatic carbocycles. The fraction of sp³-hybridized carbons (Fsp3) is 0.538. The van der Waals surface area contributed by atoms with E-state index >= 15 is 0 Å². The van der Waals surface area contributed by atoms with Crippen LogP contribution in [0.3, 0.4) is 0 Å². The molecule has 0 aromatic heterocycles. The van der Waals surface area contributed by atoms with Gasteiger partial charge in [0.2, 0.25) is 0 Å². The lowest BCUT2D eigenvalue weighted by atomic mass is 9.80. The van der Waals surface area contributed by atoms with Crippen molar-refractivity contribution >= 4 is 0 Å². The van der Waals surface area contributed by atoms with E-state index in [2.05, 4.69) is 0 Å². The number of benzene rings is 1. The topological polar surface area (TPSA) is 0 Å². The third-order valence-electron chi connectivity index (χ3n) is 3.29. The maximum absolute atomic E-state index is 12.8. The first kappa shape index (κ1) is 15.9. The molecule has 0 aliphatic carbocycles. The number of halogens is 6. The first-order valence-electron chi connectivity index (χ1n) is 5.65. The molecule has 0 bridgehead atoms. The summed E-state index contributed by atoms with van der Waals surface area (Å²) in [5.74, 6) is 0.0390. The largest absolute Gasteiger partial charge is 0.406 e. The molecule has 0 radical (unpaired) electrons. The van der Waals surface area contributed by atoms with Gasteiger partial charge in [-0.1, -0.05) is 38.1 Å². The summed E-state index contributed by atoms with van der Waals surface area (Å²) >= 11 is 0. The van der Waals surface area contributed by atoms with E-state index in [9.17, 15) is 26.3 Å². The van der Waals surface area contributed by atoms with Gasteiger partial charge in [0.05, 0.1) is 0 Å². The van der Waals surface area contributed by atoms with Gasteiger partial charge >= 0.3 is 12.4 Å². The van der Waals surface area contributed by atoms with Crippen molar-refractivity contribution in [2.24, 2.45) is 0 Å². The second-order valence-electron chi connectivity index (χ2n) is 4.90. The zero-order valence-corrected chi connectivity index (χ0v) is 10.7. The van der Waals surface area contributed by atoms with Gasteiger partial charge in [-0.25, -0.2) is 0 Å². The lowest BCUT2D eigenvalue weighted by Gasteiger charge is -2.34. The molecular formula is C13H14F6. The second kappa shape index (κ2) is 4.72. The summed E-state index contributed by atoms with van der Waals surface area (Å²) in [7, 11) is 0. The predicted octanol–water partition coefficient (Wildman–Crippen LogP) is 5.19. The minimum atomic E-state index is -5.40. The Labute approximate surface area is 107 Å². The van der Waals surface area contributed by atoms with E-state index in [0.717, 1.165) is 12.1 Å². The number of hydrogen-bond donors (Lipinski definition) is 0. The Balaban J connectivity index is 3.36. The van der Waals surface area contributed by atoms with Crippen LogP contribution in [0.1, 0.15) is 37.8 Å². The van der Waals surface area contributed by atoms with E-state index in [4.69, 9.17) is 0 Å². The Bertz CT molecular complexity index is 410. The molecule has 0 N–H and O–H groups in total. The molecule has 0 saturated carbocycles. The van der Waals surface area contributed by atoms with Crippen LogP contribution in [0.25, 0.3) is 0 Å². The zero-order chi connectivity index (χ0) is 15.1. The van der Waals surface area contributed by atoms with E-state index in [1.807, 2.05) is 13.8 Å². The highest BCUT2D eigenvalue weighted by atomic mass is 19.4. The van der Waals surface area contributed by atoms with Crippen LogP contribution in [-0.2, 0) is 5.41 Å². The van der Waals surface area contributed by atoms with Gasteiger partial charge in [0.1, 0.15) is 0 Å². The van der Waals surface area contributed by atoms with Gasteiger partial charge in [-0.05, 0) is 24.0 Å². The van der Waals surface area contributed by atoms with E-state index in [-0.39, 0.29) is 12.8 Å². The Morgan fingerprint density at radius 1 is 0.789 bits per heavy atom. The molecule has 19 heavy (non-hydrogen) atoms. The smallest absolute Gasteiger partial charge is 0.170 e. The average Bonchev–Trinajstić information content (AvgIpc) is 2.25. The van der Waals surface area contributed by atoms with Crippen LogP contribution in [0.4, 0.5) is 26.3 Å². The first-order valence-corrected chi connectivity index (χ1v) is 5.65. The summed E-state index contributed by atoms with van der Waals surface area (Å²) < 4.78 is 77.0. The van der Waals surface area contributed by atoms with Crippen molar-refractivity contribution in [3.8, 4) is 0 Å². The normalized spacial score (nSPS) is 14.0. The van der Waals surface area contributed by atoms with Crippen molar-refractivity contribution in [1.29, 1.82) is 0 Å². The second-order valence-corrected chi connectivity index (χ2v) is 4.90. The Morgan fingerprint density at radius 2 is 1.16 bits per heavy atom. The van der Waals surface area contributed by atoms with Crippen molar-refractivity contribution in [3.05, 3.63) is 35.4 Å². The highest BCUT2D eigenvalue weighted by Crippen LogP contribution is 2.51. The van der Waals surface area contributed by atoms with Gasteiger partial charge in [-0.15, -0.1) is 0 Å². The van der Waals surface area contributed by atoms with Gasteiger partial charge in [0, 0.05) is 0 Å². The van der Waals surface area contributed by atoms with Crippen LogP contribution in [-0.4, -0.2) is 12.4 Å². The van der Waals surface area contributed by atoms with Crippen LogP contribution in [0.15, 0.2) is 24.3 Å². The summed E-state index contributed by atoms with van der Waals surface area (Å²) in [6, 6.07) is 4.40. The van der Waals surface area contributed by atoms with Gasteiger partial charge < -0.3 is 0 Å². The lowest BCUT2D eigenvalue weighted by Crippen LogP contribution is -2.51.